The Balaban J connectivity index is 2.54. The van der Waals surface area contributed by atoms with Gasteiger partial charge in [0.2, 0.25) is 10.0 Å². The van der Waals surface area contributed by atoms with Gasteiger partial charge >= 0.3 is 0 Å². The number of aryl methyl sites for hydroxylation is 1. The molecular formula is C16H19NO3S. The van der Waals surface area contributed by atoms with Crippen LogP contribution in [0.3, 0.4) is 0 Å². The molecule has 0 saturated heterocycles. The maximum Gasteiger partial charge on any atom is 0.229 e. The molecule has 0 aliphatic rings. The molecule has 0 amide bonds. The average Bonchev–Trinajstić information content (AvgIpc) is 2.44. The molecule has 4 nitrogen and oxygen atoms in total. The molecule has 0 saturated carbocycles. The second kappa shape index (κ2) is 6.18. The second-order valence-electron chi connectivity index (χ2n) is 4.80. The van der Waals surface area contributed by atoms with Crippen LogP contribution in [0.5, 0.6) is 5.75 Å². The highest BCUT2D eigenvalue weighted by atomic mass is 32.2. The summed E-state index contributed by atoms with van der Waals surface area (Å²) in [5, 5.41) is 0. The zero-order valence-electron chi connectivity index (χ0n) is 12.4. The zero-order valence-corrected chi connectivity index (χ0v) is 13.2. The van der Waals surface area contributed by atoms with Crippen LogP contribution in [0.25, 0.3) is 11.1 Å². The molecule has 0 spiro atoms. The van der Waals surface area contributed by atoms with Gasteiger partial charge in [-0.05, 0) is 35.7 Å². The minimum Gasteiger partial charge on any atom is -0.496 e. The smallest absolute Gasteiger partial charge is 0.229 e. The molecule has 112 valence electrons. The predicted molar refractivity (Wildman–Crippen MR) is 86.3 cm³/mol. The fourth-order valence-electron chi connectivity index (χ4n) is 2.32. The molecule has 0 aliphatic heterocycles. The van der Waals surface area contributed by atoms with Crippen molar-refractivity contribution in [2.75, 3.05) is 18.1 Å². The van der Waals surface area contributed by atoms with Crippen molar-refractivity contribution >= 4 is 15.7 Å². The summed E-state index contributed by atoms with van der Waals surface area (Å²) in [6, 6.07) is 13.2. The minimum atomic E-state index is -3.29. The first kappa shape index (κ1) is 15.4. The van der Waals surface area contributed by atoms with Crippen molar-refractivity contribution < 1.29 is 13.2 Å². The van der Waals surface area contributed by atoms with E-state index in [1.165, 1.54) is 0 Å². The Morgan fingerprint density at radius 3 is 2.48 bits per heavy atom. The Morgan fingerprint density at radius 1 is 1.14 bits per heavy atom. The number of sulfonamides is 1. The number of hydrogen-bond acceptors (Lipinski definition) is 3. The van der Waals surface area contributed by atoms with Gasteiger partial charge in [-0.2, -0.15) is 0 Å². The Bertz CT molecular complexity index is 717. The van der Waals surface area contributed by atoms with Gasteiger partial charge in [0.25, 0.3) is 0 Å². The van der Waals surface area contributed by atoms with E-state index in [1.807, 2.05) is 30.3 Å². The van der Waals surface area contributed by atoms with E-state index in [-0.39, 0.29) is 0 Å². The monoisotopic (exact) mass is 305 g/mol. The largest absolute Gasteiger partial charge is 0.496 e. The lowest BCUT2D eigenvalue weighted by Gasteiger charge is -2.14. The zero-order chi connectivity index (χ0) is 15.5. The van der Waals surface area contributed by atoms with Crippen molar-refractivity contribution in [3.05, 3.63) is 48.0 Å². The summed E-state index contributed by atoms with van der Waals surface area (Å²) in [5.41, 5.74) is 3.63. The van der Waals surface area contributed by atoms with E-state index < -0.39 is 10.0 Å². The van der Waals surface area contributed by atoms with Crippen molar-refractivity contribution in [3.8, 4) is 16.9 Å². The van der Waals surface area contributed by atoms with Crippen molar-refractivity contribution in [3.63, 3.8) is 0 Å². The Hall–Kier alpha value is -2.01. The number of anilines is 1. The maximum atomic E-state index is 11.4. The van der Waals surface area contributed by atoms with Gasteiger partial charge in [0, 0.05) is 11.3 Å². The van der Waals surface area contributed by atoms with Crippen molar-refractivity contribution in [2.24, 2.45) is 0 Å². The van der Waals surface area contributed by atoms with E-state index in [1.54, 1.807) is 13.2 Å². The summed E-state index contributed by atoms with van der Waals surface area (Å²) >= 11 is 0. The molecule has 2 aromatic rings. The Labute approximate surface area is 125 Å². The van der Waals surface area contributed by atoms with E-state index in [4.69, 9.17) is 4.74 Å². The van der Waals surface area contributed by atoms with Crippen LogP contribution in [-0.2, 0) is 16.4 Å². The molecule has 0 aliphatic carbocycles. The number of rotatable bonds is 5. The molecule has 0 radical (unpaired) electrons. The lowest BCUT2D eigenvalue weighted by molar-refractivity contribution is 0.416. The van der Waals surface area contributed by atoms with Gasteiger partial charge in [-0.25, -0.2) is 8.42 Å². The van der Waals surface area contributed by atoms with Crippen molar-refractivity contribution in [2.45, 2.75) is 13.3 Å². The van der Waals surface area contributed by atoms with Gasteiger partial charge in [-0.3, -0.25) is 4.72 Å². The van der Waals surface area contributed by atoms with Crippen molar-refractivity contribution in [1.82, 2.24) is 0 Å². The van der Waals surface area contributed by atoms with Crippen LogP contribution in [-0.4, -0.2) is 21.8 Å². The van der Waals surface area contributed by atoms with Crippen LogP contribution in [0.15, 0.2) is 42.5 Å². The van der Waals surface area contributed by atoms with Gasteiger partial charge in [0.1, 0.15) is 5.75 Å². The summed E-state index contributed by atoms with van der Waals surface area (Å²) in [6.07, 6.45) is 2.01. The number of ether oxygens (including phenoxy) is 1. The normalized spacial score (nSPS) is 11.2. The summed E-state index contributed by atoms with van der Waals surface area (Å²) in [5.74, 6) is 0.783. The second-order valence-corrected chi connectivity index (χ2v) is 6.55. The van der Waals surface area contributed by atoms with E-state index >= 15 is 0 Å². The summed E-state index contributed by atoms with van der Waals surface area (Å²) in [4.78, 5) is 0. The van der Waals surface area contributed by atoms with Crippen LogP contribution < -0.4 is 9.46 Å². The van der Waals surface area contributed by atoms with E-state index in [2.05, 4.69) is 17.7 Å². The molecular weight excluding hydrogens is 286 g/mol. The van der Waals surface area contributed by atoms with Crippen LogP contribution in [0.1, 0.15) is 12.5 Å². The summed E-state index contributed by atoms with van der Waals surface area (Å²) < 4.78 is 30.7. The van der Waals surface area contributed by atoms with Crippen LogP contribution in [0.2, 0.25) is 0 Å². The maximum absolute atomic E-state index is 11.4. The highest BCUT2D eigenvalue weighted by Crippen LogP contribution is 2.34. The SMILES string of the molecule is CCc1cccc(OC)c1-c1cccc(NS(C)(=O)=O)c1. The lowest BCUT2D eigenvalue weighted by atomic mass is 9.97. The van der Waals surface area contributed by atoms with Crippen molar-refractivity contribution in [1.29, 1.82) is 0 Å². The first-order valence-electron chi connectivity index (χ1n) is 6.68. The average molecular weight is 305 g/mol. The molecule has 2 rings (SSSR count). The Morgan fingerprint density at radius 2 is 1.86 bits per heavy atom. The molecule has 2 aromatic carbocycles. The van der Waals surface area contributed by atoms with Gasteiger partial charge in [0.05, 0.1) is 13.4 Å². The van der Waals surface area contributed by atoms with Crippen LogP contribution in [0, 0.1) is 0 Å². The molecule has 0 heterocycles. The Kier molecular flexibility index (Phi) is 4.53. The van der Waals surface area contributed by atoms with E-state index in [9.17, 15) is 8.42 Å². The molecule has 0 bridgehead atoms. The summed E-state index contributed by atoms with van der Waals surface area (Å²) in [6.45, 7) is 2.08. The molecule has 0 unspecified atom stereocenters. The lowest BCUT2D eigenvalue weighted by Crippen LogP contribution is -2.09. The predicted octanol–water partition coefficient (Wildman–Crippen LogP) is 3.30. The molecule has 0 fully saturated rings. The van der Waals surface area contributed by atoms with Gasteiger partial charge in [-0.1, -0.05) is 31.2 Å². The first-order valence-corrected chi connectivity index (χ1v) is 8.58. The van der Waals surface area contributed by atoms with Gasteiger partial charge in [-0.15, -0.1) is 0 Å². The van der Waals surface area contributed by atoms with Crippen LogP contribution >= 0.6 is 0 Å². The van der Waals surface area contributed by atoms with E-state index in [0.717, 1.165) is 35.1 Å². The summed E-state index contributed by atoms with van der Waals surface area (Å²) in [7, 11) is -1.65. The highest BCUT2D eigenvalue weighted by Gasteiger charge is 2.11. The molecule has 0 aromatic heterocycles. The van der Waals surface area contributed by atoms with E-state index in [0.29, 0.717) is 5.69 Å². The number of nitrogens with one attached hydrogen (secondary N) is 1. The van der Waals surface area contributed by atoms with Crippen LogP contribution in [0.4, 0.5) is 5.69 Å². The third-order valence-corrected chi connectivity index (χ3v) is 3.77. The fourth-order valence-corrected chi connectivity index (χ4v) is 2.88. The fraction of sp³-hybridized carbons (Fsp3) is 0.250. The van der Waals surface area contributed by atoms with Gasteiger partial charge < -0.3 is 4.74 Å². The third kappa shape index (κ3) is 3.76. The number of benzene rings is 2. The minimum absolute atomic E-state index is 0.544. The molecule has 5 heteroatoms. The van der Waals surface area contributed by atoms with Gasteiger partial charge in [0.15, 0.2) is 0 Å². The molecule has 21 heavy (non-hydrogen) atoms. The molecule has 0 atom stereocenters. The quantitative estimate of drug-likeness (QED) is 0.922. The topological polar surface area (TPSA) is 55.4 Å². The third-order valence-electron chi connectivity index (χ3n) is 3.17. The number of methoxy groups -OCH3 is 1. The standard InChI is InChI=1S/C16H19NO3S/c1-4-12-7-6-10-15(20-2)16(12)13-8-5-9-14(11-13)17-21(3,18)19/h5-11,17H,4H2,1-3H3. The molecule has 1 N–H and O–H groups in total. The number of hydrogen-bond donors (Lipinski definition) is 1. The first-order chi connectivity index (χ1) is 9.94. The highest BCUT2D eigenvalue weighted by molar-refractivity contribution is 7.92.